The van der Waals surface area contributed by atoms with Gasteiger partial charge in [0.05, 0.1) is 0 Å². The number of rotatable bonds is 6. The molecule has 0 aromatic carbocycles. The third kappa shape index (κ3) is 8.89. The van der Waals surface area contributed by atoms with Crippen molar-refractivity contribution in [2.45, 2.75) is 62.3 Å². The topological polar surface area (TPSA) is 78.5 Å². The third-order valence-corrected chi connectivity index (χ3v) is 3.63. The van der Waals surface area contributed by atoms with E-state index in [9.17, 15) is 14.4 Å². The van der Waals surface area contributed by atoms with Gasteiger partial charge in [0.25, 0.3) is 0 Å². The highest BCUT2D eigenvalue weighted by Gasteiger charge is 2.28. The molecule has 0 aliphatic carbocycles. The first-order chi connectivity index (χ1) is 11.1. The zero-order valence-electron chi connectivity index (χ0n) is 17.5. The minimum atomic E-state index is -0.512. The average molecular weight is 356 g/mol. The highest BCUT2D eigenvalue weighted by molar-refractivity contribution is 5.83. The molecule has 0 aromatic rings. The Morgan fingerprint density at radius 1 is 0.640 bits per heavy atom. The van der Waals surface area contributed by atoms with Crippen molar-refractivity contribution in [2.24, 2.45) is 16.2 Å². The summed E-state index contributed by atoms with van der Waals surface area (Å²) in [5.74, 6) is -0.0871. The van der Waals surface area contributed by atoms with Crippen molar-refractivity contribution in [3.05, 3.63) is 0 Å². The molecule has 0 atom stereocenters. The molecule has 0 saturated heterocycles. The van der Waals surface area contributed by atoms with Crippen molar-refractivity contribution < 1.29 is 14.4 Å². The van der Waals surface area contributed by atoms with Gasteiger partial charge in [0.2, 0.25) is 17.7 Å². The van der Waals surface area contributed by atoms with Gasteiger partial charge in [-0.2, -0.15) is 0 Å². The number of carbonyl (C=O) groups excluding carboxylic acids is 3. The van der Waals surface area contributed by atoms with Gasteiger partial charge >= 0.3 is 0 Å². The Labute approximate surface area is 153 Å². The van der Waals surface area contributed by atoms with Crippen molar-refractivity contribution in [1.29, 1.82) is 0 Å². The molecule has 0 spiro atoms. The van der Waals surface area contributed by atoms with Crippen molar-refractivity contribution in [3.8, 4) is 0 Å². The summed E-state index contributed by atoms with van der Waals surface area (Å²) < 4.78 is 0. The minimum absolute atomic E-state index is 0.00233. The van der Waals surface area contributed by atoms with Gasteiger partial charge in [-0.25, -0.2) is 0 Å². The fraction of sp³-hybridized carbons (Fsp3) is 0.842. The Hall–Kier alpha value is -1.59. The van der Waals surface area contributed by atoms with E-state index in [4.69, 9.17) is 0 Å². The van der Waals surface area contributed by atoms with Crippen molar-refractivity contribution in [3.63, 3.8) is 0 Å². The highest BCUT2D eigenvalue weighted by Crippen LogP contribution is 2.17. The molecule has 25 heavy (non-hydrogen) atoms. The Morgan fingerprint density at radius 3 is 1.20 bits per heavy atom. The van der Waals surface area contributed by atoms with Crippen LogP contribution in [0.1, 0.15) is 62.3 Å². The summed E-state index contributed by atoms with van der Waals surface area (Å²) >= 11 is 0. The van der Waals surface area contributed by atoms with E-state index in [0.717, 1.165) is 0 Å². The lowest BCUT2D eigenvalue weighted by Gasteiger charge is -2.30. The van der Waals surface area contributed by atoms with E-state index < -0.39 is 16.2 Å². The zero-order chi connectivity index (χ0) is 20.1. The highest BCUT2D eigenvalue weighted by atomic mass is 16.2. The molecule has 0 bridgehead atoms. The lowest BCUT2D eigenvalue weighted by molar-refractivity contribution is -0.140. The van der Waals surface area contributed by atoms with Gasteiger partial charge in [-0.3, -0.25) is 14.4 Å². The molecular weight excluding hydrogens is 318 g/mol. The van der Waals surface area contributed by atoms with Crippen LogP contribution in [0, 0.1) is 16.2 Å². The largest absolute Gasteiger partial charge is 0.354 e. The molecule has 0 rings (SSSR count). The van der Waals surface area contributed by atoms with E-state index in [2.05, 4.69) is 10.6 Å². The second-order valence-corrected chi connectivity index (χ2v) is 9.55. The maximum absolute atomic E-state index is 12.6. The lowest BCUT2D eigenvalue weighted by atomic mass is 9.94. The van der Waals surface area contributed by atoms with Gasteiger partial charge in [-0.1, -0.05) is 62.3 Å². The number of nitrogens with one attached hydrogen (secondary N) is 2. The fourth-order valence-electron chi connectivity index (χ4n) is 1.93. The van der Waals surface area contributed by atoms with Gasteiger partial charge in [0, 0.05) is 42.4 Å². The Bertz CT molecular complexity index is 448. The van der Waals surface area contributed by atoms with Crippen LogP contribution in [0.15, 0.2) is 0 Å². The third-order valence-electron chi connectivity index (χ3n) is 3.63. The summed E-state index contributed by atoms with van der Waals surface area (Å²) in [5.41, 5.74) is -1.43. The summed E-state index contributed by atoms with van der Waals surface area (Å²) in [6.07, 6.45) is 0. The molecule has 0 aliphatic rings. The van der Waals surface area contributed by atoms with E-state index in [-0.39, 0.29) is 17.7 Å². The molecule has 3 amide bonds. The Balaban J connectivity index is 4.71. The first-order valence-electron chi connectivity index (χ1n) is 8.93. The maximum atomic E-state index is 12.6. The molecule has 2 N–H and O–H groups in total. The van der Waals surface area contributed by atoms with Gasteiger partial charge in [0.15, 0.2) is 0 Å². The van der Waals surface area contributed by atoms with Gasteiger partial charge in [-0.15, -0.1) is 0 Å². The Morgan fingerprint density at radius 2 is 0.960 bits per heavy atom. The van der Waals surface area contributed by atoms with Crippen LogP contribution < -0.4 is 10.6 Å². The quantitative estimate of drug-likeness (QED) is 0.766. The van der Waals surface area contributed by atoms with E-state index in [1.165, 1.54) is 0 Å². The van der Waals surface area contributed by atoms with Crippen molar-refractivity contribution >= 4 is 17.7 Å². The number of nitrogens with zero attached hydrogens (tertiary/aromatic N) is 1. The van der Waals surface area contributed by atoms with Crippen molar-refractivity contribution in [1.82, 2.24) is 15.5 Å². The molecule has 0 fully saturated rings. The first-order valence-corrected chi connectivity index (χ1v) is 8.93. The van der Waals surface area contributed by atoms with Crippen LogP contribution in [0.5, 0.6) is 0 Å². The predicted octanol–water partition coefficient (Wildman–Crippen LogP) is 2.19. The summed E-state index contributed by atoms with van der Waals surface area (Å²) in [7, 11) is 0. The smallest absolute Gasteiger partial charge is 0.228 e. The van der Waals surface area contributed by atoms with E-state index in [0.29, 0.717) is 26.2 Å². The zero-order valence-corrected chi connectivity index (χ0v) is 17.5. The van der Waals surface area contributed by atoms with Crippen LogP contribution in [0.3, 0.4) is 0 Å². The monoisotopic (exact) mass is 355 g/mol. The number of carbonyl (C=O) groups is 3. The second kappa shape index (κ2) is 8.68. The van der Waals surface area contributed by atoms with E-state index in [1.54, 1.807) is 4.90 Å². The van der Waals surface area contributed by atoms with Crippen LogP contribution >= 0.6 is 0 Å². The number of amides is 3. The van der Waals surface area contributed by atoms with E-state index >= 15 is 0 Å². The van der Waals surface area contributed by atoms with Gasteiger partial charge < -0.3 is 15.5 Å². The molecule has 0 aromatic heterocycles. The van der Waals surface area contributed by atoms with E-state index in [1.807, 2.05) is 62.3 Å². The summed E-state index contributed by atoms with van der Waals surface area (Å²) in [4.78, 5) is 38.2. The molecule has 0 aliphatic heterocycles. The van der Waals surface area contributed by atoms with Crippen molar-refractivity contribution in [2.75, 3.05) is 26.2 Å². The lowest BCUT2D eigenvalue weighted by Crippen LogP contribution is -2.48. The number of hydrogen-bond donors (Lipinski definition) is 2. The average Bonchev–Trinajstić information content (AvgIpc) is 2.41. The summed E-state index contributed by atoms with van der Waals surface area (Å²) in [6, 6.07) is 0. The SMILES string of the molecule is CC(C)(C)C(=O)NCCN(CCNC(=O)C(C)(C)C)C(=O)C(C)(C)C. The molecular formula is C19H37N3O3. The molecule has 0 unspecified atom stereocenters. The van der Waals surface area contributed by atoms with Crippen LogP contribution in [-0.2, 0) is 14.4 Å². The van der Waals surface area contributed by atoms with Crippen LogP contribution in [-0.4, -0.2) is 48.8 Å². The van der Waals surface area contributed by atoms with Crippen LogP contribution in [0.2, 0.25) is 0 Å². The maximum Gasteiger partial charge on any atom is 0.228 e. The molecule has 0 radical (unpaired) electrons. The van der Waals surface area contributed by atoms with Crippen LogP contribution in [0.25, 0.3) is 0 Å². The molecule has 0 heterocycles. The standard InChI is InChI=1S/C19H37N3O3/c1-17(2,3)14(23)20-10-12-22(16(25)19(7,8)9)13-11-21-15(24)18(4,5)6/h10-13H2,1-9H3,(H,20,23)(H,21,24). The predicted molar refractivity (Wildman–Crippen MR) is 101 cm³/mol. The second-order valence-electron chi connectivity index (χ2n) is 9.55. The minimum Gasteiger partial charge on any atom is -0.354 e. The normalized spacial score (nSPS) is 12.5. The molecule has 0 saturated carbocycles. The summed E-state index contributed by atoms with van der Waals surface area (Å²) in [6.45, 7) is 18.3. The number of hydrogen-bond acceptors (Lipinski definition) is 3. The first kappa shape index (κ1) is 23.4. The molecule has 146 valence electrons. The fourth-order valence-corrected chi connectivity index (χ4v) is 1.93. The molecule has 6 nitrogen and oxygen atoms in total. The van der Waals surface area contributed by atoms with Crippen LogP contribution in [0.4, 0.5) is 0 Å². The van der Waals surface area contributed by atoms with Gasteiger partial charge in [0.1, 0.15) is 0 Å². The Kier molecular flexibility index (Phi) is 8.12. The molecule has 6 heteroatoms. The van der Waals surface area contributed by atoms with Gasteiger partial charge in [-0.05, 0) is 0 Å². The summed E-state index contributed by atoms with van der Waals surface area (Å²) in [5, 5.41) is 5.73.